The Morgan fingerprint density at radius 2 is 0.743 bits per heavy atom. The Labute approximate surface area is 668 Å². The van der Waals surface area contributed by atoms with Crippen LogP contribution in [0.15, 0.2) is 200 Å². The summed E-state index contributed by atoms with van der Waals surface area (Å²) in [5.41, 5.74) is 25.7. The third-order valence-corrected chi connectivity index (χ3v) is 20.7. The van der Waals surface area contributed by atoms with Crippen molar-refractivity contribution in [3.63, 3.8) is 0 Å². The first-order chi connectivity index (χ1) is 60.2. The molecule has 12 aromatic rings. The van der Waals surface area contributed by atoms with E-state index in [0.717, 1.165) is 55.8 Å². The molecule has 6 aromatic carbocycles. The summed E-state index contributed by atoms with van der Waals surface area (Å²) in [5.74, 6) is -2.03. The summed E-state index contributed by atoms with van der Waals surface area (Å²) in [6, 6.07) is 60.5. The number of hydrogen-bond acceptors (Lipinski definition) is 0. The van der Waals surface area contributed by atoms with Gasteiger partial charge in [0.15, 0.2) is 35.2 Å². The quantitative estimate of drug-likeness (QED) is 0.142. The molecule has 105 heavy (non-hydrogen) atoms. The lowest BCUT2D eigenvalue weighted by Crippen LogP contribution is -2.37. The van der Waals surface area contributed by atoms with Crippen molar-refractivity contribution < 1.29 is 61.7 Å². The van der Waals surface area contributed by atoms with Gasteiger partial charge in [-0.1, -0.05) is 123 Å². The second-order valence-electron chi connectivity index (χ2n) is 28.0. The summed E-state index contributed by atoms with van der Waals surface area (Å²) in [5, 5.41) is 0. The fraction of sp³-hybridized carbons (Fsp3) is 0.333. The van der Waals surface area contributed by atoms with Crippen LogP contribution in [0.2, 0.25) is 0 Å². The van der Waals surface area contributed by atoms with Crippen molar-refractivity contribution in [2.24, 2.45) is 42.3 Å². The standard InChI is InChI=1S/2C17H20N.2C17H22N.C16H20N.C15H18N/c1-13-7-3-6-10-16(13)17-11-14-8-4-5-9-15(14)12-18(17)2;1-13-7-3-5-9-15(13)17-16-10-6-4-8-14(16)11-12-18(17)2;1-11-9-7-8-10-16(11)17-14(4)12(2)13(3)15(5)18(17)6;1-12(2)15-10-11-17(18(5)14(15)4)16-9-7-6-8-13(16)3;1-11-8-6-7-9-15(11)16-10-12(2)13(3)14(4)17(16)5;1-11-9-10-15(16(4)13(11)3)14-8-6-5-7-12(14)2/h3,6-7,10-12H,4-5,8-9H2,1-2H3;3,5,7,9,11-12H,4,6,8,10H2,1-2H3;7-10H,1-6H3;6-12H,1-5H3;6-10H,1-5H3;5-10H,1-4H3/q6*+1/i;;3D3,5D3;1D3,4D3,12D;3D3,4D3;1D3,3D3. The molecule has 0 saturated heterocycles. The maximum Gasteiger partial charge on any atom is 0.216 e. The van der Waals surface area contributed by atoms with Crippen LogP contribution in [0.1, 0.15) is 197 Å². The molecule has 14 rings (SSSR count). The van der Waals surface area contributed by atoms with E-state index in [0.29, 0.717) is 28.2 Å². The zero-order valence-electron chi connectivity index (χ0n) is 89.4. The highest BCUT2D eigenvalue weighted by Crippen LogP contribution is 2.33. The molecule has 0 aliphatic heterocycles. The van der Waals surface area contributed by atoms with Crippen molar-refractivity contribution in [2.45, 2.75) is 181 Å². The predicted molar refractivity (Wildman–Crippen MR) is 441 cm³/mol. The summed E-state index contributed by atoms with van der Waals surface area (Å²) in [6.07, 6.45) is 14.9. The van der Waals surface area contributed by atoms with Crippen LogP contribution < -0.4 is 27.4 Å². The Morgan fingerprint density at radius 3 is 1.24 bits per heavy atom. The average Bonchev–Trinajstić information content (AvgIpc) is 0.770. The number of nitrogens with zero attached hydrogens (tertiary/aromatic N) is 6. The minimum Gasteiger partial charge on any atom is -0.201 e. The number of pyridine rings is 6. The van der Waals surface area contributed by atoms with Gasteiger partial charge < -0.3 is 0 Å². The fourth-order valence-corrected chi connectivity index (χ4v) is 14.2. The Bertz CT molecular complexity index is 6100. The molecule has 0 saturated carbocycles. The van der Waals surface area contributed by atoms with E-state index in [1.807, 2.05) is 132 Å². The smallest absolute Gasteiger partial charge is 0.201 e. The fourth-order valence-electron chi connectivity index (χ4n) is 14.2. The molecule has 0 radical (unpaired) electrons. The van der Waals surface area contributed by atoms with Gasteiger partial charge in [0, 0.05) is 164 Å². The van der Waals surface area contributed by atoms with Gasteiger partial charge in [-0.05, 0) is 244 Å². The summed E-state index contributed by atoms with van der Waals surface area (Å²) in [6.45, 7) is -1.59. The van der Waals surface area contributed by atoms with Gasteiger partial charge in [0.25, 0.3) is 0 Å². The number of fused-ring (bicyclic) bond motifs is 2. The number of aromatic nitrogens is 6. The van der Waals surface area contributed by atoms with Crippen LogP contribution in [0.4, 0.5) is 0 Å². The zero-order valence-corrected chi connectivity index (χ0v) is 64.4. The van der Waals surface area contributed by atoms with Crippen LogP contribution in [0.3, 0.4) is 0 Å². The Balaban J connectivity index is 0.000000176. The highest BCUT2D eigenvalue weighted by Gasteiger charge is 2.26. The maximum atomic E-state index is 8.33. The molecular formula is C99H122N6+6. The van der Waals surface area contributed by atoms with Gasteiger partial charge in [-0.15, -0.1) is 0 Å². The molecule has 0 amide bonds. The lowest BCUT2D eigenvalue weighted by Gasteiger charge is -2.17. The molecule has 1 unspecified atom stereocenters. The minimum atomic E-state index is -2.65. The Hall–Kier alpha value is -9.78. The summed E-state index contributed by atoms with van der Waals surface area (Å²) in [4.78, 5) is 0. The van der Waals surface area contributed by atoms with E-state index in [9.17, 15) is 0 Å². The summed E-state index contributed by atoms with van der Waals surface area (Å²) in [7, 11) is 10.8. The van der Waals surface area contributed by atoms with Crippen molar-refractivity contribution in [1.29, 1.82) is 0 Å². The number of hydrogen-bond donors (Lipinski definition) is 0. The van der Waals surface area contributed by atoms with Crippen LogP contribution >= 0.6 is 0 Å². The first-order valence-corrected chi connectivity index (χ1v) is 36.2. The van der Waals surface area contributed by atoms with Gasteiger partial charge in [-0.2, -0.15) is 18.3 Å². The Morgan fingerprint density at radius 1 is 0.314 bits per heavy atom. The van der Waals surface area contributed by atoms with E-state index in [1.165, 1.54) is 122 Å². The van der Waals surface area contributed by atoms with Gasteiger partial charge in [0.1, 0.15) is 42.3 Å². The van der Waals surface area contributed by atoms with E-state index >= 15 is 0 Å². The molecule has 2 aliphatic carbocycles. The van der Waals surface area contributed by atoms with E-state index < -0.39 is 60.7 Å². The van der Waals surface area contributed by atoms with Crippen LogP contribution in [-0.2, 0) is 68.0 Å². The molecule has 6 heteroatoms. The van der Waals surface area contributed by atoms with E-state index in [4.69, 9.17) is 34.3 Å². The van der Waals surface area contributed by atoms with E-state index in [-0.39, 0.29) is 45.0 Å². The molecule has 0 spiro atoms. The molecular weight excluding hydrogens is 1270 g/mol. The average molecular weight is 1420 g/mol. The molecule has 0 N–H and O–H groups in total. The highest BCUT2D eigenvalue weighted by atomic mass is 15.0. The molecule has 2 aliphatic rings. The monoisotopic (exact) mass is 1420 g/mol. The largest absolute Gasteiger partial charge is 0.216 e. The number of rotatable bonds is 7. The van der Waals surface area contributed by atoms with Gasteiger partial charge >= 0.3 is 0 Å². The highest BCUT2D eigenvalue weighted by molar-refractivity contribution is 5.68. The van der Waals surface area contributed by atoms with Crippen molar-refractivity contribution in [2.75, 3.05) is 0 Å². The first-order valence-electron chi connectivity index (χ1n) is 48.7. The van der Waals surface area contributed by atoms with Gasteiger partial charge in [-0.3, -0.25) is 0 Å². The van der Waals surface area contributed by atoms with E-state index in [1.54, 1.807) is 82.5 Å². The molecule has 0 fully saturated rings. The van der Waals surface area contributed by atoms with Crippen LogP contribution in [0, 0.1) is 110 Å². The summed E-state index contributed by atoms with van der Waals surface area (Å²) < 4.78 is 205. The summed E-state index contributed by atoms with van der Waals surface area (Å²) >= 11 is 0. The van der Waals surface area contributed by atoms with Crippen LogP contribution in [-0.4, -0.2) is 0 Å². The second kappa shape index (κ2) is 35.8. The topological polar surface area (TPSA) is 23.3 Å². The van der Waals surface area contributed by atoms with Gasteiger partial charge in [0.05, 0.1) is 0 Å². The van der Waals surface area contributed by atoms with Gasteiger partial charge in [0.2, 0.25) is 34.2 Å². The second-order valence-corrected chi connectivity index (χ2v) is 28.0. The van der Waals surface area contributed by atoms with Crippen molar-refractivity contribution in [1.82, 2.24) is 0 Å². The third kappa shape index (κ3) is 18.3. The van der Waals surface area contributed by atoms with Crippen LogP contribution in [0.25, 0.3) is 67.5 Å². The lowest BCUT2D eigenvalue weighted by atomic mass is 9.88. The molecule has 542 valence electrons. The molecule has 6 heterocycles. The first kappa shape index (κ1) is 51.4. The third-order valence-electron chi connectivity index (χ3n) is 20.7. The van der Waals surface area contributed by atoms with Crippen LogP contribution in [0.5, 0.6) is 0 Å². The molecule has 6 aromatic heterocycles. The number of benzene rings is 6. The predicted octanol–water partition coefficient (Wildman–Crippen LogP) is 20.9. The zero-order chi connectivity index (χ0) is 97.0. The molecule has 6 nitrogen and oxygen atoms in total. The van der Waals surface area contributed by atoms with Gasteiger partial charge in [-0.25, -0.2) is 9.13 Å². The Kier molecular flexibility index (Phi) is 17.5. The maximum absolute atomic E-state index is 8.33. The van der Waals surface area contributed by atoms with Crippen molar-refractivity contribution in [3.05, 3.63) is 318 Å². The lowest BCUT2D eigenvalue weighted by molar-refractivity contribution is -0.667. The van der Waals surface area contributed by atoms with E-state index in [2.05, 4.69) is 110 Å². The normalized spacial score (nSPS) is 17.0. The SMILES string of the molecule is Cc1ccccc1-c1c2c(cc[n+]1C)CCCC2.Cc1ccccc1-c1cc2c(c[n+]1C)CCCC2.[2H]C([2H])([2H])c1c(C([2H])(C)C([2H])([2H])[2H])ccc(-c2ccccc2C)[n+]1C.[2H]C([2H])([2H])c1c(C)c(C)c(-c2ccccc2C)[n+](C)c1C([2H])([2H])[2H].[2H]C([2H])([2H])c1c(C)cc(-c2ccccc2C)[n+](C)c1C([2H])([2H])[2H].[2H]C([2H])([2H])c1ccc(-c2ccccc2C)[n+](C)c1C([2H])([2H])[2H]. The minimum absolute atomic E-state index is 0.00710. The van der Waals surface area contributed by atoms with Crippen molar-refractivity contribution >= 4 is 0 Å². The number of aryl methyl sites for hydroxylation is 13. The molecule has 0 bridgehead atoms. The van der Waals surface area contributed by atoms with Crippen molar-refractivity contribution in [3.8, 4) is 67.5 Å². The molecule has 1 atom stereocenters.